The lowest BCUT2D eigenvalue weighted by molar-refractivity contribution is -0.187. The maximum atomic E-state index is 11.5. The van der Waals surface area contributed by atoms with Crippen molar-refractivity contribution >= 4 is 5.97 Å². The Morgan fingerprint density at radius 1 is 1.47 bits per heavy atom. The number of carboxylic acids is 1. The van der Waals surface area contributed by atoms with Crippen LogP contribution in [0.2, 0.25) is 0 Å². The van der Waals surface area contributed by atoms with E-state index in [9.17, 15) is 15.0 Å². The van der Waals surface area contributed by atoms with Crippen LogP contribution in [-0.4, -0.2) is 34.9 Å². The van der Waals surface area contributed by atoms with Crippen LogP contribution >= 0.6 is 0 Å². The highest BCUT2D eigenvalue weighted by Gasteiger charge is 2.59. The van der Waals surface area contributed by atoms with Gasteiger partial charge in [0.2, 0.25) is 0 Å². The highest BCUT2D eigenvalue weighted by Crippen LogP contribution is 2.48. The van der Waals surface area contributed by atoms with E-state index in [1.165, 1.54) is 0 Å². The van der Waals surface area contributed by atoms with Gasteiger partial charge in [0, 0.05) is 13.1 Å². The minimum absolute atomic E-state index is 0.402. The molecule has 86 valence electrons. The molecule has 0 radical (unpaired) electrons. The van der Waals surface area contributed by atoms with Crippen LogP contribution < -0.4 is 5.32 Å². The molecule has 3 N–H and O–H groups in total. The molecular weight excluding hydrogens is 194 g/mol. The van der Waals surface area contributed by atoms with Crippen LogP contribution in [0.5, 0.6) is 0 Å². The second kappa shape index (κ2) is 3.46. The lowest BCUT2D eigenvalue weighted by Crippen LogP contribution is -2.71. The predicted octanol–water partition coefficient (Wildman–Crippen LogP) is 0.602. The van der Waals surface area contributed by atoms with Crippen LogP contribution in [0.3, 0.4) is 0 Å². The first-order valence-electron chi connectivity index (χ1n) is 5.67. The molecule has 0 aromatic carbocycles. The molecule has 0 spiro atoms. The zero-order chi connectivity index (χ0) is 11.1. The van der Waals surface area contributed by atoms with Gasteiger partial charge in [0.25, 0.3) is 0 Å². The lowest BCUT2D eigenvalue weighted by Gasteiger charge is -2.53. The Morgan fingerprint density at radius 2 is 2.13 bits per heavy atom. The summed E-state index contributed by atoms with van der Waals surface area (Å²) in [6.07, 6.45) is 3.22. The van der Waals surface area contributed by atoms with Crippen LogP contribution in [0, 0.1) is 11.3 Å². The van der Waals surface area contributed by atoms with Crippen LogP contribution in [0.4, 0.5) is 0 Å². The van der Waals surface area contributed by atoms with Gasteiger partial charge in [-0.3, -0.25) is 4.79 Å². The number of carboxylic acid groups (broad SMARTS) is 1. The molecule has 2 unspecified atom stereocenters. The van der Waals surface area contributed by atoms with Gasteiger partial charge in [-0.05, 0) is 18.8 Å². The number of rotatable bonds is 2. The normalized spacial score (nSPS) is 39.5. The molecule has 1 saturated heterocycles. The molecule has 2 rings (SSSR count). The SMILES string of the molecule is CC1CCCC(C(=O)O)(C2(O)CNC2)C1. The zero-order valence-corrected chi connectivity index (χ0v) is 9.12. The largest absolute Gasteiger partial charge is 0.481 e. The van der Waals surface area contributed by atoms with Crippen molar-refractivity contribution in [2.75, 3.05) is 13.1 Å². The molecule has 1 saturated carbocycles. The van der Waals surface area contributed by atoms with E-state index in [0.29, 0.717) is 31.8 Å². The molecule has 1 heterocycles. The average molecular weight is 213 g/mol. The van der Waals surface area contributed by atoms with E-state index >= 15 is 0 Å². The molecular formula is C11H19NO3. The summed E-state index contributed by atoms with van der Waals surface area (Å²) in [5.74, 6) is -0.419. The van der Waals surface area contributed by atoms with E-state index in [4.69, 9.17) is 0 Å². The van der Waals surface area contributed by atoms with Crippen molar-refractivity contribution in [1.29, 1.82) is 0 Å². The molecule has 2 atom stereocenters. The molecule has 2 fully saturated rings. The quantitative estimate of drug-likeness (QED) is 0.628. The smallest absolute Gasteiger partial charge is 0.312 e. The summed E-state index contributed by atoms with van der Waals surface area (Å²) in [6, 6.07) is 0. The van der Waals surface area contributed by atoms with Gasteiger partial charge in [-0.2, -0.15) is 0 Å². The van der Waals surface area contributed by atoms with Crippen LogP contribution in [-0.2, 0) is 4.79 Å². The van der Waals surface area contributed by atoms with Crippen LogP contribution in [0.1, 0.15) is 32.6 Å². The van der Waals surface area contributed by atoms with Crippen molar-refractivity contribution in [3.63, 3.8) is 0 Å². The van der Waals surface area contributed by atoms with Gasteiger partial charge in [-0.25, -0.2) is 0 Å². The number of hydrogen-bond acceptors (Lipinski definition) is 3. The summed E-state index contributed by atoms with van der Waals surface area (Å²) in [4.78, 5) is 11.5. The maximum Gasteiger partial charge on any atom is 0.312 e. The van der Waals surface area contributed by atoms with Crippen molar-refractivity contribution in [3.05, 3.63) is 0 Å². The third-order valence-electron chi connectivity index (χ3n) is 4.13. The molecule has 4 nitrogen and oxygen atoms in total. The summed E-state index contributed by atoms with van der Waals surface area (Å²) in [7, 11) is 0. The summed E-state index contributed by atoms with van der Waals surface area (Å²) in [6.45, 7) is 2.92. The van der Waals surface area contributed by atoms with E-state index in [0.717, 1.165) is 12.8 Å². The number of aliphatic carboxylic acids is 1. The predicted molar refractivity (Wildman–Crippen MR) is 55.5 cm³/mol. The molecule has 1 aliphatic heterocycles. The Morgan fingerprint density at radius 3 is 2.53 bits per heavy atom. The number of carbonyl (C=O) groups is 1. The Labute approximate surface area is 89.7 Å². The van der Waals surface area contributed by atoms with Gasteiger partial charge < -0.3 is 15.5 Å². The average Bonchev–Trinajstić information content (AvgIpc) is 2.13. The Balaban J connectivity index is 2.27. The molecule has 4 heteroatoms. The first-order chi connectivity index (χ1) is 7.00. The summed E-state index contributed by atoms with van der Waals surface area (Å²) >= 11 is 0. The fourth-order valence-electron chi connectivity index (χ4n) is 3.07. The van der Waals surface area contributed by atoms with E-state index in [1.54, 1.807) is 0 Å². The van der Waals surface area contributed by atoms with E-state index in [2.05, 4.69) is 12.2 Å². The Kier molecular flexibility index (Phi) is 2.51. The topological polar surface area (TPSA) is 69.6 Å². The van der Waals surface area contributed by atoms with E-state index in [1.807, 2.05) is 0 Å². The van der Waals surface area contributed by atoms with E-state index in [-0.39, 0.29) is 0 Å². The highest BCUT2D eigenvalue weighted by atomic mass is 16.4. The maximum absolute atomic E-state index is 11.5. The minimum Gasteiger partial charge on any atom is -0.481 e. The Hall–Kier alpha value is -0.610. The van der Waals surface area contributed by atoms with Gasteiger partial charge in [-0.15, -0.1) is 0 Å². The number of nitrogens with one attached hydrogen (secondary N) is 1. The van der Waals surface area contributed by atoms with Crippen molar-refractivity contribution < 1.29 is 15.0 Å². The number of aliphatic hydroxyl groups is 1. The molecule has 2 aliphatic rings. The van der Waals surface area contributed by atoms with Gasteiger partial charge in [-0.1, -0.05) is 19.8 Å². The second-order valence-electron chi connectivity index (χ2n) is 5.22. The molecule has 0 aromatic heterocycles. The summed E-state index contributed by atoms with van der Waals surface area (Å²) in [5, 5.41) is 22.7. The lowest BCUT2D eigenvalue weighted by atomic mass is 9.59. The van der Waals surface area contributed by atoms with Gasteiger partial charge in [0.15, 0.2) is 0 Å². The first kappa shape index (κ1) is 10.9. The summed E-state index contributed by atoms with van der Waals surface area (Å²) in [5.41, 5.74) is -1.93. The Bertz CT molecular complexity index is 275. The third kappa shape index (κ3) is 1.47. The first-order valence-corrected chi connectivity index (χ1v) is 5.67. The molecule has 15 heavy (non-hydrogen) atoms. The monoisotopic (exact) mass is 213 g/mol. The van der Waals surface area contributed by atoms with Crippen LogP contribution in [0.15, 0.2) is 0 Å². The van der Waals surface area contributed by atoms with Gasteiger partial charge in [0.1, 0.15) is 5.60 Å². The fourth-order valence-corrected chi connectivity index (χ4v) is 3.07. The molecule has 1 aliphatic carbocycles. The third-order valence-corrected chi connectivity index (χ3v) is 4.13. The van der Waals surface area contributed by atoms with Gasteiger partial charge in [0.05, 0.1) is 5.41 Å². The van der Waals surface area contributed by atoms with Crippen LogP contribution in [0.25, 0.3) is 0 Å². The highest BCUT2D eigenvalue weighted by molar-refractivity contribution is 5.77. The standard InChI is InChI=1S/C11H19NO3/c1-8-3-2-4-10(5-8,9(13)14)11(15)6-12-7-11/h8,12,15H,2-7H2,1H3,(H,13,14). The zero-order valence-electron chi connectivity index (χ0n) is 9.12. The van der Waals surface area contributed by atoms with E-state index < -0.39 is 17.0 Å². The molecule has 0 amide bonds. The van der Waals surface area contributed by atoms with Crippen molar-refractivity contribution in [2.45, 2.75) is 38.2 Å². The van der Waals surface area contributed by atoms with Gasteiger partial charge >= 0.3 is 5.97 Å². The van der Waals surface area contributed by atoms with Crippen molar-refractivity contribution in [1.82, 2.24) is 5.32 Å². The van der Waals surface area contributed by atoms with Crippen molar-refractivity contribution in [2.24, 2.45) is 11.3 Å². The molecule has 0 aromatic rings. The fraction of sp³-hybridized carbons (Fsp3) is 0.909. The van der Waals surface area contributed by atoms with Crippen molar-refractivity contribution in [3.8, 4) is 0 Å². The number of hydrogen-bond donors (Lipinski definition) is 3. The minimum atomic E-state index is -1.02. The summed E-state index contributed by atoms with van der Waals surface area (Å²) < 4.78 is 0. The second-order valence-corrected chi connectivity index (χ2v) is 5.22. The molecule has 0 bridgehead atoms. The number of β-amino-alcohol motifs (C(OH)–C–C–N with tert-alkyl or cyclic N) is 1.